The van der Waals surface area contributed by atoms with Crippen molar-refractivity contribution in [3.8, 4) is 11.1 Å². The van der Waals surface area contributed by atoms with Crippen molar-refractivity contribution >= 4 is 45.0 Å². The molecular formula is C14H9Cl2F4N3O6S. The van der Waals surface area contributed by atoms with Gasteiger partial charge in [0.25, 0.3) is 15.6 Å². The lowest BCUT2D eigenvalue weighted by Gasteiger charge is -2.21. The first-order valence-corrected chi connectivity index (χ1v) is 9.87. The van der Waals surface area contributed by atoms with E-state index < -0.39 is 72.1 Å². The van der Waals surface area contributed by atoms with Gasteiger partial charge in [-0.05, 0) is 12.1 Å². The average molecular weight is 494 g/mol. The lowest BCUT2D eigenvalue weighted by molar-refractivity contribution is -0.143. The molecule has 2 rings (SSSR count). The molecule has 2 N–H and O–H groups in total. The number of H-pyrrole nitrogens is 1. The maximum atomic E-state index is 14.5. The SMILES string of the molecule is Cn1c(C(F)(F)F)c(-c2cc(N(C(=O)O)S(=O)(=O)CCl)c(Cl)cc2F)c(=O)[nH]c1=O. The molecule has 0 fully saturated rings. The molecule has 0 saturated carbocycles. The van der Waals surface area contributed by atoms with E-state index in [1.807, 2.05) is 0 Å². The van der Waals surface area contributed by atoms with E-state index in [1.54, 1.807) is 4.98 Å². The summed E-state index contributed by atoms with van der Waals surface area (Å²) in [6, 6.07) is 0.636. The molecule has 0 unspecified atom stereocenters. The average Bonchev–Trinajstić information content (AvgIpc) is 2.59. The van der Waals surface area contributed by atoms with Crippen LogP contribution in [0.2, 0.25) is 5.02 Å². The Balaban J connectivity index is 3.03. The number of carboxylic acid groups (broad SMARTS) is 1. The van der Waals surface area contributed by atoms with Crippen LogP contribution < -0.4 is 15.6 Å². The summed E-state index contributed by atoms with van der Waals surface area (Å²) in [6.45, 7) is 0. The van der Waals surface area contributed by atoms with Crippen LogP contribution in [0.4, 0.5) is 28.0 Å². The highest BCUT2D eigenvalue weighted by atomic mass is 35.5. The van der Waals surface area contributed by atoms with Gasteiger partial charge < -0.3 is 5.11 Å². The highest BCUT2D eigenvalue weighted by Gasteiger charge is 2.40. The van der Waals surface area contributed by atoms with Crippen LogP contribution in [0, 0.1) is 5.82 Å². The fraction of sp³-hybridized carbons (Fsp3) is 0.214. The van der Waals surface area contributed by atoms with Crippen molar-refractivity contribution in [2.24, 2.45) is 7.05 Å². The third-order valence-corrected chi connectivity index (χ3v) is 6.02. The van der Waals surface area contributed by atoms with Gasteiger partial charge in [-0.3, -0.25) is 14.3 Å². The fourth-order valence-electron chi connectivity index (χ4n) is 2.51. The number of amides is 1. The van der Waals surface area contributed by atoms with Gasteiger partial charge in [0.05, 0.1) is 16.3 Å². The second-order valence-corrected chi connectivity index (χ2v) is 8.40. The summed E-state index contributed by atoms with van der Waals surface area (Å²) in [5.41, 5.74) is -8.50. The zero-order valence-corrected chi connectivity index (χ0v) is 16.7. The van der Waals surface area contributed by atoms with Gasteiger partial charge in [-0.2, -0.15) is 17.5 Å². The number of anilines is 1. The predicted molar refractivity (Wildman–Crippen MR) is 97.9 cm³/mol. The van der Waals surface area contributed by atoms with Gasteiger partial charge in [0.2, 0.25) is 0 Å². The minimum Gasteiger partial charge on any atom is -0.464 e. The number of rotatable bonds is 4. The van der Waals surface area contributed by atoms with Crippen LogP contribution in [-0.2, 0) is 23.2 Å². The summed E-state index contributed by atoms with van der Waals surface area (Å²) in [7, 11) is -4.13. The second-order valence-electron chi connectivity index (χ2n) is 5.59. The summed E-state index contributed by atoms with van der Waals surface area (Å²) < 4.78 is 78.6. The van der Waals surface area contributed by atoms with Gasteiger partial charge in [0, 0.05) is 12.6 Å². The smallest absolute Gasteiger partial charge is 0.432 e. The zero-order valence-electron chi connectivity index (χ0n) is 14.4. The summed E-state index contributed by atoms with van der Waals surface area (Å²) in [5.74, 6) is -1.52. The third-order valence-electron chi connectivity index (χ3n) is 3.71. The standard InChI is InChI=1S/C14H9Cl2F4N3O6S/c1-22-10(14(18,19)20)9(11(24)21-12(22)25)5-2-8(6(16)3-7(5)17)23(13(26)27)30(28,29)4-15/h2-3H,4H2,1H3,(H,26,27)(H,21,24,25). The van der Waals surface area contributed by atoms with Crippen molar-refractivity contribution in [3.63, 3.8) is 0 Å². The molecule has 0 saturated heterocycles. The van der Waals surface area contributed by atoms with Crippen molar-refractivity contribution in [2.45, 2.75) is 6.18 Å². The Bertz CT molecular complexity index is 1260. The Morgan fingerprint density at radius 1 is 1.30 bits per heavy atom. The van der Waals surface area contributed by atoms with Crippen LogP contribution >= 0.6 is 23.2 Å². The maximum absolute atomic E-state index is 14.5. The number of nitrogens with one attached hydrogen (secondary N) is 1. The number of halogens is 6. The number of hydrogen-bond donors (Lipinski definition) is 2. The quantitative estimate of drug-likeness (QED) is 0.497. The van der Waals surface area contributed by atoms with E-state index in [1.165, 1.54) is 0 Å². The monoisotopic (exact) mass is 493 g/mol. The number of carbonyl (C=O) groups is 1. The predicted octanol–water partition coefficient (Wildman–Crippen LogP) is 2.56. The largest absolute Gasteiger partial charge is 0.464 e. The highest BCUT2D eigenvalue weighted by Crippen LogP contribution is 2.39. The van der Waals surface area contributed by atoms with E-state index in [9.17, 15) is 45.5 Å². The van der Waals surface area contributed by atoms with E-state index in [-0.39, 0.29) is 8.87 Å². The molecule has 0 spiro atoms. The summed E-state index contributed by atoms with van der Waals surface area (Å²) in [6.07, 6.45) is -7.47. The van der Waals surface area contributed by atoms with Crippen LogP contribution in [0.1, 0.15) is 5.69 Å². The first-order valence-electron chi connectivity index (χ1n) is 7.35. The number of hydrogen-bond acceptors (Lipinski definition) is 5. The molecule has 0 atom stereocenters. The minimum atomic E-state index is -5.32. The molecule has 1 amide bonds. The van der Waals surface area contributed by atoms with E-state index in [2.05, 4.69) is 0 Å². The normalized spacial score (nSPS) is 12.1. The van der Waals surface area contributed by atoms with E-state index >= 15 is 0 Å². The van der Waals surface area contributed by atoms with Crippen LogP contribution in [0.3, 0.4) is 0 Å². The minimum absolute atomic E-state index is 0.00504. The lowest BCUT2D eigenvalue weighted by atomic mass is 10.0. The van der Waals surface area contributed by atoms with Gasteiger partial charge in [-0.15, -0.1) is 11.6 Å². The molecule has 1 aromatic heterocycles. The van der Waals surface area contributed by atoms with Gasteiger partial charge >= 0.3 is 18.0 Å². The molecule has 164 valence electrons. The summed E-state index contributed by atoms with van der Waals surface area (Å²) in [4.78, 5) is 36.7. The van der Waals surface area contributed by atoms with E-state index in [0.29, 0.717) is 19.2 Å². The van der Waals surface area contributed by atoms with Gasteiger partial charge in [0.15, 0.2) is 0 Å². The Kier molecular flexibility index (Phi) is 6.26. The molecular weight excluding hydrogens is 485 g/mol. The Morgan fingerprint density at radius 2 is 1.87 bits per heavy atom. The molecule has 1 aromatic carbocycles. The van der Waals surface area contributed by atoms with Crippen molar-refractivity contribution in [1.82, 2.24) is 9.55 Å². The summed E-state index contributed by atoms with van der Waals surface area (Å²) >= 11 is 10.9. The van der Waals surface area contributed by atoms with Crippen LogP contribution in [0.5, 0.6) is 0 Å². The topological polar surface area (TPSA) is 130 Å². The van der Waals surface area contributed by atoms with Gasteiger partial charge in [-0.1, -0.05) is 11.6 Å². The Hall–Kier alpha value is -2.58. The van der Waals surface area contributed by atoms with Crippen molar-refractivity contribution in [3.05, 3.63) is 49.5 Å². The van der Waals surface area contributed by atoms with Crippen LogP contribution in [0.15, 0.2) is 21.7 Å². The lowest BCUT2D eigenvalue weighted by Crippen LogP contribution is -2.37. The molecule has 9 nitrogen and oxygen atoms in total. The number of aromatic amines is 1. The molecule has 0 radical (unpaired) electrons. The third kappa shape index (κ3) is 4.15. The molecule has 2 aromatic rings. The second kappa shape index (κ2) is 7.92. The molecule has 16 heteroatoms. The summed E-state index contributed by atoms with van der Waals surface area (Å²) in [5, 5.41) is 7.13. The number of aromatic nitrogens is 2. The van der Waals surface area contributed by atoms with Crippen molar-refractivity contribution < 1.29 is 35.9 Å². The molecule has 0 aliphatic heterocycles. The molecule has 1 heterocycles. The zero-order chi connectivity index (χ0) is 23.2. The van der Waals surface area contributed by atoms with Gasteiger partial charge in [0.1, 0.15) is 16.7 Å². The molecule has 0 aliphatic rings. The number of benzene rings is 1. The number of alkyl halides is 4. The van der Waals surface area contributed by atoms with E-state index in [0.717, 1.165) is 0 Å². The van der Waals surface area contributed by atoms with Crippen LogP contribution in [-0.4, -0.2) is 34.4 Å². The van der Waals surface area contributed by atoms with Crippen LogP contribution in [0.25, 0.3) is 11.1 Å². The van der Waals surface area contributed by atoms with Gasteiger partial charge in [-0.25, -0.2) is 22.4 Å². The Morgan fingerprint density at radius 3 is 2.33 bits per heavy atom. The first kappa shape index (κ1) is 23.7. The van der Waals surface area contributed by atoms with Crippen molar-refractivity contribution in [1.29, 1.82) is 0 Å². The maximum Gasteiger partial charge on any atom is 0.432 e. The van der Waals surface area contributed by atoms with E-state index in [4.69, 9.17) is 23.2 Å². The molecule has 0 aliphatic carbocycles. The highest BCUT2D eigenvalue weighted by molar-refractivity contribution is 7.94. The molecule has 0 bridgehead atoms. The van der Waals surface area contributed by atoms with Crippen molar-refractivity contribution in [2.75, 3.05) is 9.52 Å². The number of nitrogens with zero attached hydrogens (tertiary/aromatic N) is 2. The fourth-order valence-corrected chi connectivity index (χ4v) is 3.87. The molecule has 30 heavy (non-hydrogen) atoms. The Labute approximate surface area is 174 Å². The first-order chi connectivity index (χ1) is 13.6. The number of sulfonamides is 1.